The molecule has 0 aromatic carbocycles. The molecule has 8 unspecified atom stereocenters. The number of amides is 4. The van der Waals surface area contributed by atoms with Crippen molar-refractivity contribution in [2.45, 2.75) is 175 Å². The first-order valence-electron chi connectivity index (χ1n) is 42.8. The number of ketones is 13. The summed E-state index contributed by atoms with van der Waals surface area (Å²) in [5.41, 5.74) is -22.8. The zero-order valence-corrected chi connectivity index (χ0v) is 81.2. The third-order valence-electron chi connectivity index (χ3n) is 22.5. The van der Waals surface area contributed by atoms with Gasteiger partial charge in [-0.05, 0) is 13.8 Å². The minimum Gasteiger partial charge on any atom is -0.465 e. The lowest BCUT2D eigenvalue weighted by atomic mass is 9.60. The fourth-order valence-electron chi connectivity index (χ4n) is 17.1. The lowest BCUT2D eigenvalue weighted by Crippen LogP contribution is -2.74. The van der Waals surface area contributed by atoms with Crippen molar-refractivity contribution < 1.29 is 211 Å². The quantitative estimate of drug-likeness (QED) is 0.0248. The number of likely N-dealkylation sites (tertiary alicyclic amines) is 4. The molecule has 4 aliphatic heterocycles. The van der Waals surface area contributed by atoms with E-state index >= 15 is 19.2 Å². The van der Waals surface area contributed by atoms with Gasteiger partial charge in [0, 0.05) is 204 Å². The van der Waals surface area contributed by atoms with Gasteiger partial charge in [-0.3, -0.25) is 149 Å². The summed E-state index contributed by atoms with van der Waals surface area (Å²) >= 11 is 0. The summed E-state index contributed by atoms with van der Waals surface area (Å²) in [6, 6.07) is 0. The smallest absolute Gasteiger partial charge is 0.303 e. The highest BCUT2D eigenvalue weighted by molar-refractivity contribution is 6.42. The van der Waals surface area contributed by atoms with Gasteiger partial charge >= 0.3 is 77.6 Å². The van der Waals surface area contributed by atoms with Gasteiger partial charge in [-0.15, -0.1) is 0 Å². The van der Waals surface area contributed by atoms with E-state index in [-0.39, 0.29) is 5.78 Å². The number of nitrogens with one attached hydrogen (secondary N) is 1. The van der Waals surface area contributed by atoms with E-state index in [0.29, 0.717) is 49.3 Å². The summed E-state index contributed by atoms with van der Waals surface area (Å²) in [5, 5.41) is 15.6. The number of aliphatic hydroxyl groups is 1. The number of esters is 13. The molecule has 51 heteroatoms. The Bertz CT molecular complexity index is 4760. The molecule has 4 rings (SSSR count). The second-order valence-corrected chi connectivity index (χ2v) is 34.8. The Kier molecular flexibility index (Phi) is 43.7. The van der Waals surface area contributed by atoms with Crippen LogP contribution in [-0.2, 0) is 205 Å². The molecule has 4 heterocycles. The summed E-state index contributed by atoms with van der Waals surface area (Å²) in [7, 11) is 0. The summed E-state index contributed by atoms with van der Waals surface area (Å²) in [5.74, 6) is -39.2. The van der Waals surface area contributed by atoms with Crippen LogP contribution >= 0.6 is 0 Å². The molecule has 4 saturated heterocycles. The third kappa shape index (κ3) is 31.3. The first-order chi connectivity index (χ1) is 64.1. The average Bonchev–Trinajstić information content (AvgIpc) is 0.685. The molecule has 0 bridgehead atoms. The monoisotopic (exact) mass is 1980 g/mol. The van der Waals surface area contributed by atoms with E-state index < -0.39 is 403 Å². The standard InChI is InChI=1S/C85H113N7O43.C3H6O/c1-45(93)68(116)80(40-127-55(11)103)30-89(28-78(36-123-51(7)99,37-124-52(8)100)74(80)132-60(16)108)64(112)24-87(26-66(114)91-31-81(41-128-56(12)104,69(117)46(2)94)76(134-62(18)110)82(32-91,42-129-57(13)105)70(118)47(3)95)22-20-86-21-23-88(25-65(113)90-29-79(38-125-53(9)101,39-126-54(10)102)75(133-61(17)109)85(122,35-90)73(121)50(6)98)27-67(115)92-33-83(43-130-58(14)106,71(119)48(4)96)77(135-63(19)111)84(34-92,44-131-59(15)107)72(120)49(5)97;1-3(2)4/h74-77,86,122H,20-44H2,1-19H3;1-2H3. The Morgan fingerprint density at radius 3 is 0.633 bits per heavy atom. The van der Waals surface area contributed by atoms with Crippen molar-refractivity contribution in [2.75, 3.05) is 164 Å². The lowest BCUT2D eigenvalue weighted by molar-refractivity contribution is -0.225. The Morgan fingerprint density at radius 2 is 0.424 bits per heavy atom. The van der Waals surface area contributed by atoms with E-state index in [4.69, 9.17) is 61.6 Å². The number of carbonyl (C=O) groups excluding carboxylic acids is 30. The van der Waals surface area contributed by atoms with Crippen molar-refractivity contribution in [1.82, 2.24) is 34.7 Å². The molecule has 2 N–H and O–H groups in total. The van der Waals surface area contributed by atoms with Gasteiger partial charge < -0.3 is 96.4 Å². The molecule has 0 saturated carbocycles. The number of carbonyl (C=O) groups is 30. The van der Waals surface area contributed by atoms with E-state index in [1.165, 1.54) is 13.8 Å². The summed E-state index contributed by atoms with van der Waals surface area (Å²) < 4.78 is 70.9. The Hall–Kier alpha value is -13.5. The molecular weight excluding hydrogens is 1860 g/mol. The van der Waals surface area contributed by atoms with Crippen LogP contribution in [0.15, 0.2) is 0 Å². The number of nitrogens with zero attached hydrogens (tertiary/aromatic N) is 6. The predicted molar refractivity (Wildman–Crippen MR) is 456 cm³/mol. The van der Waals surface area contributed by atoms with Crippen LogP contribution in [0.25, 0.3) is 0 Å². The van der Waals surface area contributed by atoms with Gasteiger partial charge in [-0.25, -0.2) is 0 Å². The van der Waals surface area contributed by atoms with Gasteiger partial charge in [0.1, 0.15) is 111 Å². The van der Waals surface area contributed by atoms with Gasteiger partial charge in [-0.2, -0.15) is 0 Å². The molecule has 4 aliphatic rings. The molecule has 4 fully saturated rings. The number of Topliss-reactive ketones (excluding diaryl/α,β-unsaturated/α-hetero) is 13. The Balaban J connectivity index is 0.0000122. The first kappa shape index (κ1) is 120. The number of β-amino-alcohol motifs (C(OH)–C–C–N with tert-alkyl or cyclic N) is 1. The van der Waals surface area contributed by atoms with Crippen LogP contribution < -0.4 is 5.32 Å². The number of rotatable bonds is 48. The second-order valence-electron chi connectivity index (χ2n) is 34.8. The summed E-state index contributed by atoms with van der Waals surface area (Å²) in [4.78, 5) is 416. The zero-order valence-electron chi connectivity index (χ0n) is 81.2. The van der Waals surface area contributed by atoms with Crippen molar-refractivity contribution in [3.05, 3.63) is 0 Å². The van der Waals surface area contributed by atoms with Crippen molar-refractivity contribution in [2.24, 2.45) is 37.9 Å². The van der Waals surface area contributed by atoms with E-state index in [2.05, 4.69) is 5.32 Å². The van der Waals surface area contributed by atoms with Crippen LogP contribution in [-0.4, -0.2) is 405 Å². The molecule has 51 nitrogen and oxygen atoms in total. The first-order valence-corrected chi connectivity index (χ1v) is 42.8. The molecule has 0 radical (unpaired) electrons. The maximum Gasteiger partial charge on any atom is 0.303 e. The molecule has 8 atom stereocenters. The van der Waals surface area contributed by atoms with Crippen molar-refractivity contribution in [3.63, 3.8) is 0 Å². The normalized spacial score (nSPS) is 22.7. The lowest BCUT2D eigenvalue weighted by Gasteiger charge is -2.54. The maximum atomic E-state index is 15.9. The molecule has 770 valence electrons. The van der Waals surface area contributed by atoms with Gasteiger partial charge in [0.25, 0.3) is 0 Å². The summed E-state index contributed by atoms with van der Waals surface area (Å²) in [6.07, 6.45) is -9.45. The van der Waals surface area contributed by atoms with Gasteiger partial charge in [0.2, 0.25) is 58.3 Å². The van der Waals surface area contributed by atoms with Gasteiger partial charge in [0.05, 0.1) is 43.6 Å². The van der Waals surface area contributed by atoms with Crippen LogP contribution in [0.1, 0.15) is 145 Å². The third-order valence-corrected chi connectivity index (χ3v) is 22.5. The molecule has 0 spiro atoms. The predicted octanol–water partition coefficient (Wildman–Crippen LogP) is -5.48. The molecule has 0 aromatic heterocycles. The van der Waals surface area contributed by atoms with E-state index in [0.717, 1.165) is 112 Å². The Morgan fingerprint density at radius 1 is 0.245 bits per heavy atom. The Labute approximate surface area is 796 Å². The van der Waals surface area contributed by atoms with E-state index in [9.17, 15) is 130 Å². The van der Waals surface area contributed by atoms with E-state index in [1.54, 1.807) is 0 Å². The van der Waals surface area contributed by atoms with Crippen LogP contribution in [0.2, 0.25) is 0 Å². The van der Waals surface area contributed by atoms with Gasteiger partial charge in [0.15, 0.2) is 46.4 Å². The second kappa shape index (κ2) is 50.7. The van der Waals surface area contributed by atoms with Crippen LogP contribution in [0.3, 0.4) is 0 Å². The molecular formula is C88H119N7O44. The van der Waals surface area contributed by atoms with Crippen LogP contribution in [0.5, 0.6) is 0 Å². The van der Waals surface area contributed by atoms with Gasteiger partial charge in [-0.1, -0.05) is 0 Å². The average molecular weight is 1980 g/mol. The molecule has 4 amide bonds. The highest BCUT2D eigenvalue weighted by Crippen LogP contribution is 2.51. The van der Waals surface area contributed by atoms with Crippen molar-refractivity contribution in [3.8, 4) is 0 Å². The minimum atomic E-state index is -3.38. The highest BCUT2D eigenvalue weighted by atomic mass is 16.6. The minimum absolute atomic E-state index is 0.167. The fourth-order valence-corrected chi connectivity index (χ4v) is 17.1. The van der Waals surface area contributed by atoms with Crippen LogP contribution in [0.4, 0.5) is 0 Å². The topological polar surface area (TPSA) is 684 Å². The number of piperidine rings is 4. The largest absolute Gasteiger partial charge is 0.465 e. The highest BCUT2D eigenvalue weighted by Gasteiger charge is 2.72. The molecule has 0 aromatic rings. The van der Waals surface area contributed by atoms with Crippen molar-refractivity contribution in [1.29, 1.82) is 0 Å². The summed E-state index contributed by atoms with van der Waals surface area (Å²) in [6.45, 7) is -10.3. The zero-order chi connectivity index (χ0) is 107. The van der Waals surface area contributed by atoms with Crippen LogP contribution in [0, 0.1) is 37.9 Å². The van der Waals surface area contributed by atoms with E-state index in [1.807, 2.05) is 0 Å². The maximum absolute atomic E-state index is 15.9. The fraction of sp³-hybridized carbons (Fsp3) is 0.659. The number of hydrogen-bond acceptors (Lipinski definition) is 47. The molecule has 139 heavy (non-hydrogen) atoms. The molecule has 0 aliphatic carbocycles. The number of ether oxygens (including phenoxy) is 13. The number of hydrogen-bond donors (Lipinski definition) is 2. The SMILES string of the molecule is CC(=O)OCC1(COC(C)=O)CN(C(=O)CN(CCNCCN(CC(=O)N2CC(COC(C)=O)(COC(C)=O)C(OC(C)=O)C(COC(C)=O)(C(=O)C(C)=O)C2)CC(=O)N2CC(COC(C)=O)(C(=O)C(C)=O)C(OC(C)=O)C(COC(C)=O)(C(=O)C(C)=O)C2)CC(=O)N2CC(COC(C)=O)(C(=O)C(C)=O)C(OC(C)=O)C(COC(C)=O)(C(=O)C(C)=O)C2)CC(O)(C(=O)C(C)=O)C1OC(C)=O.CC(C)=O. The van der Waals surface area contributed by atoms with Crippen molar-refractivity contribution >= 4 is 176 Å².